The fraction of sp³-hybridized carbons (Fsp3) is 0.0714. The molecule has 0 spiro atoms. The van der Waals surface area contributed by atoms with Gasteiger partial charge in [0.25, 0.3) is 17.5 Å². The molecule has 0 unspecified atom stereocenters. The van der Waals surface area contributed by atoms with Crippen molar-refractivity contribution in [3.05, 3.63) is 122 Å². The lowest BCUT2D eigenvalue weighted by atomic mass is 10.1. The molecule has 0 saturated carbocycles. The van der Waals surface area contributed by atoms with E-state index in [0.717, 1.165) is 27.8 Å². The molecule has 4 rings (SSSR count). The zero-order chi connectivity index (χ0) is 26.5. The van der Waals surface area contributed by atoms with Crippen LogP contribution in [0, 0.1) is 24.0 Å². The lowest BCUT2D eigenvalue weighted by molar-refractivity contribution is -0.387. The highest BCUT2D eigenvalue weighted by Crippen LogP contribution is 2.41. The number of nitro benzene ring substituents is 1. The number of nitrogens with one attached hydrogen (secondary N) is 2. The molecule has 2 amide bonds. The number of rotatable bonds is 7. The molecule has 0 radical (unpaired) electrons. The number of nitro groups is 1. The van der Waals surface area contributed by atoms with Crippen molar-refractivity contribution in [2.24, 2.45) is 0 Å². The first-order valence-corrected chi connectivity index (χ1v) is 12.4. The van der Waals surface area contributed by atoms with Gasteiger partial charge in [0.1, 0.15) is 0 Å². The molecule has 0 bridgehead atoms. The van der Waals surface area contributed by atoms with Crippen LogP contribution in [0.15, 0.2) is 94.7 Å². The van der Waals surface area contributed by atoms with E-state index >= 15 is 0 Å². The minimum Gasteiger partial charge on any atom is -0.320 e. The average molecular weight is 532 g/mol. The molecule has 0 aliphatic heterocycles. The molecule has 0 atom stereocenters. The Morgan fingerprint density at radius 3 is 1.68 bits per heavy atom. The maximum absolute atomic E-state index is 13.0. The molecule has 4 aromatic rings. The molecule has 0 aliphatic rings. The minimum atomic E-state index is -0.522. The molecule has 37 heavy (non-hydrogen) atoms. The van der Waals surface area contributed by atoms with Crippen molar-refractivity contribution in [1.82, 2.24) is 0 Å². The summed E-state index contributed by atoms with van der Waals surface area (Å²) in [5.74, 6) is -0.875. The Morgan fingerprint density at radius 1 is 0.757 bits per heavy atom. The van der Waals surface area contributed by atoms with Crippen LogP contribution >= 0.6 is 23.4 Å². The smallest absolute Gasteiger partial charge is 0.285 e. The van der Waals surface area contributed by atoms with Crippen molar-refractivity contribution in [2.45, 2.75) is 23.6 Å². The zero-order valence-corrected chi connectivity index (χ0v) is 21.5. The van der Waals surface area contributed by atoms with E-state index in [1.165, 1.54) is 12.1 Å². The van der Waals surface area contributed by atoms with Crippen LogP contribution in [0.3, 0.4) is 0 Å². The molecule has 0 heterocycles. The van der Waals surface area contributed by atoms with Crippen LogP contribution in [0.5, 0.6) is 0 Å². The Morgan fingerprint density at radius 2 is 1.22 bits per heavy atom. The van der Waals surface area contributed by atoms with E-state index in [1.54, 1.807) is 60.7 Å². The van der Waals surface area contributed by atoms with Crippen molar-refractivity contribution in [3.8, 4) is 0 Å². The quantitative estimate of drug-likeness (QED) is 0.190. The Kier molecular flexibility index (Phi) is 7.91. The van der Waals surface area contributed by atoms with E-state index in [9.17, 15) is 19.7 Å². The summed E-state index contributed by atoms with van der Waals surface area (Å²) in [5.41, 5.74) is 2.90. The number of nitrogens with zero attached hydrogens (tertiary/aromatic N) is 1. The second kappa shape index (κ2) is 11.3. The van der Waals surface area contributed by atoms with E-state index in [4.69, 9.17) is 11.6 Å². The first kappa shape index (κ1) is 25.9. The first-order chi connectivity index (χ1) is 17.7. The normalized spacial score (nSPS) is 10.6. The highest BCUT2D eigenvalue weighted by atomic mass is 35.5. The third kappa shape index (κ3) is 6.55. The van der Waals surface area contributed by atoms with Gasteiger partial charge in [0.15, 0.2) is 0 Å². The van der Waals surface area contributed by atoms with E-state index in [2.05, 4.69) is 10.6 Å². The van der Waals surface area contributed by atoms with E-state index in [0.29, 0.717) is 21.0 Å². The zero-order valence-electron chi connectivity index (χ0n) is 19.9. The Balaban J connectivity index is 1.75. The number of anilines is 2. The summed E-state index contributed by atoms with van der Waals surface area (Å²) >= 11 is 7.12. The molecule has 0 saturated heterocycles. The monoisotopic (exact) mass is 531 g/mol. The maximum atomic E-state index is 13.0. The third-order valence-corrected chi connectivity index (χ3v) is 6.77. The number of halogens is 1. The van der Waals surface area contributed by atoms with Crippen LogP contribution in [0.4, 0.5) is 17.1 Å². The molecule has 9 heteroatoms. The number of aryl methyl sites for hydroxylation is 2. The van der Waals surface area contributed by atoms with Gasteiger partial charge < -0.3 is 10.6 Å². The van der Waals surface area contributed by atoms with Crippen LogP contribution in [0.1, 0.15) is 31.8 Å². The van der Waals surface area contributed by atoms with Gasteiger partial charge in [0.2, 0.25) is 0 Å². The number of carbonyl (C=O) groups excluding carboxylic acids is 2. The molecular formula is C28H22ClN3O4S. The van der Waals surface area contributed by atoms with Gasteiger partial charge in [-0.3, -0.25) is 19.7 Å². The summed E-state index contributed by atoms with van der Waals surface area (Å²) in [4.78, 5) is 38.4. The van der Waals surface area contributed by atoms with Crippen molar-refractivity contribution >= 4 is 52.2 Å². The highest BCUT2D eigenvalue weighted by Gasteiger charge is 2.22. The van der Waals surface area contributed by atoms with Crippen molar-refractivity contribution < 1.29 is 14.5 Å². The van der Waals surface area contributed by atoms with Gasteiger partial charge in [0, 0.05) is 27.1 Å². The van der Waals surface area contributed by atoms with E-state index < -0.39 is 16.7 Å². The molecule has 4 aromatic carbocycles. The minimum absolute atomic E-state index is 0.109. The molecular weight excluding hydrogens is 510 g/mol. The lowest BCUT2D eigenvalue weighted by Gasteiger charge is -2.15. The van der Waals surface area contributed by atoms with Crippen molar-refractivity contribution in [1.29, 1.82) is 0 Å². The number of amides is 2. The molecule has 0 aromatic heterocycles. The summed E-state index contributed by atoms with van der Waals surface area (Å²) in [5, 5.41) is 18.0. The lowest BCUT2D eigenvalue weighted by Crippen LogP contribution is -2.17. The Labute approximate surface area is 223 Å². The van der Waals surface area contributed by atoms with Gasteiger partial charge in [-0.1, -0.05) is 58.8 Å². The second-order valence-corrected chi connectivity index (χ2v) is 9.87. The fourth-order valence-electron chi connectivity index (χ4n) is 3.43. The molecule has 186 valence electrons. The van der Waals surface area contributed by atoms with E-state index in [-0.39, 0.29) is 17.1 Å². The SMILES string of the molecule is Cc1ccc(C(=O)Nc2cc(Sc3ccc(Cl)cc3)c([N+](=O)[O-])cc2NC(=O)c2ccc(C)cc2)cc1. The first-order valence-electron chi connectivity index (χ1n) is 11.2. The molecule has 0 aliphatic carbocycles. The van der Waals surface area contributed by atoms with Crippen molar-refractivity contribution in [3.63, 3.8) is 0 Å². The van der Waals surface area contributed by atoms with Crippen LogP contribution < -0.4 is 10.6 Å². The van der Waals surface area contributed by atoms with Crippen LogP contribution in [-0.2, 0) is 0 Å². The van der Waals surface area contributed by atoms with Crippen molar-refractivity contribution in [2.75, 3.05) is 10.6 Å². The average Bonchev–Trinajstić information content (AvgIpc) is 2.87. The van der Waals surface area contributed by atoms with Gasteiger partial charge in [0.05, 0.1) is 21.2 Å². The summed E-state index contributed by atoms with van der Waals surface area (Å²) in [6, 6.07) is 23.5. The maximum Gasteiger partial charge on any atom is 0.285 e. The van der Waals surface area contributed by atoms with Crippen LogP contribution in [0.25, 0.3) is 0 Å². The number of hydrogen-bond donors (Lipinski definition) is 2. The van der Waals surface area contributed by atoms with Gasteiger partial charge in [-0.25, -0.2) is 0 Å². The third-order valence-electron chi connectivity index (χ3n) is 5.46. The summed E-state index contributed by atoms with van der Waals surface area (Å²) in [6.45, 7) is 3.82. The second-order valence-electron chi connectivity index (χ2n) is 8.32. The molecule has 0 fully saturated rings. The largest absolute Gasteiger partial charge is 0.320 e. The van der Waals surface area contributed by atoms with Gasteiger partial charge >= 0.3 is 0 Å². The molecule has 2 N–H and O–H groups in total. The molecule has 7 nitrogen and oxygen atoms in total. The van der Waals surface area contributed by atoms with Crippen LogP contribution in [0.2, 0.25) is 5.02 Å². The number of carbonyl (C=O) groups is 2. The summed E-state index contributed by atoms with van der Waals surface area (Å²) in [7, 11) is 0. The predicted molar refractivity (Wildman–Crippen MR) is 147 cm³/mol. The van der Waals surface area contributed by atoms with Gasteiger partial charge in [-0.05, 0) is 68.4 Å². The van der Waals surface area contributed by atoms with Crippen LogP contribution in [-0.4, -0.2) is 16.7 Å². The summed E-state index contributed by atoms with van der Waals surface area (Å²) < 4.78 is 0. The number of benzene rings is 4. The standard InChI is InChI=1S/C28H22ClN3O4S/c1-17-3-7-19(8-4-17)27(33)30-23-15-25(32(35)36)26(37-22-13-11-21(29)12-14-22)16-24(23)31-28(34)20-9-5-18(2)6-10-20/h3-16H,1-2H3,(H,30,33)(H,31,34). The Hall–Kier alpha value is -4.14. The van der Waals surface area contributed by atoms with Gasteiger partial charge in [-0.2, -0.15) is 0 Å². The van der Waals surface area contributed by atoms with Gasteiger partial charge in [-0.15, -0.1) is 0 Å². The number of hydrogen-bond acceptors (Lipinski definition) is 5. The fourth-order valence-corrected chi connectivity index (χ4v) is 4.49. The van der Waals surface area contributed by atoms with E-state index in [1.807, 2.05) is 26.0 Å². The predicted octanol–water partition coefficient (Wildman–Crippen LogP) is 7.52. The Bertz CT molecular complexity index is 1470. The highest BCUT2D eigenvalue weighted by molar-refractivity contribution is 7.99. The summed E-state index contributed by atoms with van der Waals surface area (Å²) in [6.07, 6.45) is 0. The topological polar surface area (TPSA) is 101 Å².